The number of aryl methyl sites for hydroxylation is 1. The fourth-order valence-electron chi connectivity index (χ4n) is 1.25. The third kappa shape index (κ3) is 4.03. The van der Waals surface area contributed by atoms with Crippen LogP contribution in [0.2, 0.25) is 0 Å². The third-order valence-corrected chi connectivity index (χ3v) is 3.49. The Morgan fingerprint density at radius 1 is 1.60 bits per heavy atom. The molecule has 3 heteroatoms. The molecule has 1 heterocycles. The van der Waals surface area contributed by atoms with E-state index in [0.717, 1.165) is 19.4 Å². The highest BCUT2D eigenvalue weighted by atomic mass is 32.1. The normalized spacial score (nSPS) is 11.9. The smallest absolute Gasteiger partial charge is 0.109 e. The first-order valence-corrected chi connectivity index (χ1v) is 6.17. The Bertz CT molecular complexity index is 346. The molecule has 0 amide bonds. The number of aromatic nitrogens is 1. The zero-order chi connectivity index (χ0) is 11.1. The van der Waals surface area contributed by atoms with Gasteiger partial charge in [-0.3, -0.25) is 0 Å². The average Bonchev–Trinajstić information content (AvgIpc) is 2.72. The molecule has 15 heavy (non-hydrogen) atoms. The summed E-state index contributed by atoms with van der Waals surface area (Å²) in [6.45, 7) is 7.12. The zero-order valence-electron chi connectivity index (χ0n) is 9.63. The van der Waals surface area contributed by atoms with Gasteiger partial charge in [-0.1, -0.05) is 6.92 Å². The summed E-state index contributed by atoms with van der Waals surface area (Å²) < 4.78 is 0. The monoisotopic (exact) mass is 222 g/mol. The first-order chi connectivity index (χ1) is 7.27. The molecule has 1 unspecified atom stereocenters. The minimum Gasteiger partial charge on any atom is -0.307 e. The first kappa shape index (κ1) is 12.2. The fourth-order valence-corrected chi connectivity index (χ4v) is 2.13. The van der Waals surface area contributed by atoms with Gasteiger partial charge in [-0.15, -0.1) is 23.2 Å². The Balaban J connectivity index is 2.38. The lowest BCUT2D eigenvalue weighted by Gasteiger charge is -2.08. The molecule has 0 fully saturated rings. The van der Waals surface area contributed by atoms with E-state index in [9.17, 15) is 0 Å². The van der Waals surface area contributed by atoms with E-state index in [1.807, 2.05) is 13.1 Å². The van der Waals surface area contributed by atoms with Crippen LogP contribution in [-0.4, -0.2) is 11.5 Å². The molecule has 82 valence electrons. The Hall–Kier alpha value is -0.850. The molecule has 0 bridgehead atoms. The second-order valence-electron chi connectivity index (χ2n) is 3.37. The Morgan fingerprint density at radius 2 is 2.40 bits per heavy atom. The highest BCUT2D eigenvalue weighted by molar-refractivity contribution is 7.11. The quantitative estimate of drug-likeness (QED) is 0.612. The summed E-state index contributed by atoms with van der Waals surface area (Å²) in [5.74, 6) is 5.93. The van der Waals surface area contributed by atoms with E-state index in [0.29, 0.717) is 6.04 Å². The van der Waals surface area contributed by atoms with Crippen molar-refractivity contribution in [1.29, 1.82) is 0 Å². The van der Waals surface area contributed by atoms with Gasteiger partial charge in [-0.05, 0) is 20.3 Å². The summed E-state index contributed by atoms with van der Waals surface area (Å²) in [4.78, 5) is 5.76. The van der Waals surface area contributed by atoms with E-state index in [1.165, 1.54) is 9.88 Å². The molecule has 1 atom stereocenters. The van der Waals surface area contributed by atoms with Crippen molar-refractivity contribution < 1.29 is 0 Å². The number of thiazole rings is 1. The summed E-state index contributed by atoms with van der Waals surface area (Å²) in [6, 6.07) is 0.342. The van der Waals surface area contributed by atoms with Crippen LogP contribution in [0.4, 0.5) is 0 Å². The van der Waals surface area contributed by atoms with Gasteiger partial charge in [-0.2, -0.15) is 0 Å². The molecule has 0 aliphatic rings. The van der Waals surface area contributed by atoms with E-state index >= 15 is 0 Å². The highest BCUT2D eigenvalue weighted by Crippen LogP contribution is 2.19. The number of hydrogen-bond donors (Lipinski definition) is 1. The van der Waals surface area contributed by atoms with Gasteiger partial charge in [0.1, 0.15) is 5.01 Å². The molecule has 1 rings (SSSR count). The Labute approximate surface area is 96.1 Å². The van der Waals surface area contributed by atoms with Gasteiger partial charge < -0.3 is 5.32 Å². The predicted molar refractivity (Wildman–Crippen MR) is 66.0 cm³/mol. The molecule has 0 aromatic carbocycles. The topological polar surface area (TPSA) is 24.9 Å². The number of rotatable bonds is 5. The van der Waals surface area contributed by atoms with Crippen LogP contribution < -0.4 is 5.32 Å². The van der Waals surface area contributed by atoms with Crippen molar-refractivity contribution >= 4 is 11.3 Å². The van der Waals surface area contributed by atoms with Crippen LogP contribution in [-0.2, 0) is 6.42 Å². The van der Waals surface area contributed by atoms with Gasteiger partial charge in [0.15, 0.2) is 0 Å². The average molecular weight is 222 g/mol. The first-order valence-electron chi connectivity index (χ1n) is 5.35. The van der Waals surface area contributed by atoms with Crippen LogP contribution in [0, 0.1) is 11.8 Å². The van der Waals surface area contributed by atoms with Crippen molar-refractivity contribution in [3.8, 4) is 11.8 Å². The van der Waals surface area contributed by atoms with Gasteiger partial charge in [0.25, 0.3) is 0 Å². The van der Waals surface area contributed by atoms with Gasteiger partial charge >= 0.3 is 0 Å². The molecule has 0 aliphatic carbocycles. The summed E-state index contributed by atoms with van der Waals surface area (Å²) in [6.07, 6.45) is 3.96. The summed E-state index contributed by atoms with van der Waals surface area (Å²) in [5, 5.41) is 4.59. The van der Waals surface area contributed by atoms with Crippen molar-refractivity contribution in [1.82, 2.24) is 10.3 Å². The molecule has 0 saturated heterocycles. The standard InChI is InChI=1S/C12H18N2S/c1-4-6-7-8-13-10(3)12-14-9-11(5-2)15-12/h9-10,13H,5,7-8H2,1-3H3. The molecular weight excluding hydrogens is 204 g/mol. The third-order valence-electron chi connectivity index (χ3n) is 2.17. The van der Waals surface area contributed by atoms with E-state index in [4.69, 9.17) is 0 Å². The minimum atomic E-state index is 0.342. The number of nitrogens with zero attached hydrogens (tertiary/aromatic N) is 1. The number of nitrogens with one attached hydrogen (secondary N) is 1. The summed E-state index contributed by atoms with van der Waals surface area (Å²) in [7, 11) is 0. The van der Waals surface area contributed by atoms with Crippen molar-refractivity contribution in [3.05, 3.63) is 16.1 Å². The van der Waals surface area contributed by atoms with Crippen molar-refractivity contribution in [2.75, 3.05) is 6.54 Å². The summed E-state index contributed by atoms with van der Waals surface area (Å²) in [5.41, 5.74) is 0. The number of hydrogen-bond acceptors (Lipinski definition) is 3. The van der Waals surface area contributed by atoms with Crippen LogP contribution in [0.1, 0.15) is 43.1 Å². The highest BCUT2D eigenvalue weighted by Gasteiger charge is 2.08. The maximum absolute atomic E-state index is 4.41. The molecule has 1 aromatic rings. The minimum absolute atomic E-state index is 0.342. The van der Waals surface area contributed by atoms with Crippen molar-refractivity contribution in [2.45, 2.75) is 39.7 Å². The van der Waals surface area contributed by atoms with Crippen LogP contribution in [0.25, 0.3) is 0 Å². The largest absolute Gasteiger partial charge is 0.307 e. The Kier molecular flexibility index (Phi) is 5.38. The van der Waals surface area contributed by atoms with Crippen molar-refractivity contribution in [3.63, 3.8) is 0 Å². The SMILES string of the molecule is CC#CCCNC(C)c1ncc(CC)s1. The maximum atomic E-state index is 4.41. The second-order valence-corrected chi connectivity index (χ2v) is 4.52. The van der Waals surface area contributed by atoms with Crippen LogP contribution >= 0.6 is 11.3 Å². The van der Waals surface area contributed by atoms with E-state index in [2.05, 4.69) is 36.0 Å². The van der Waals surface area contributed by atoms with Gasteiger partial charge in [0, 0.05) is 24.0 Å². The lowest BCUT2D eigenvalue weighted by atomic mass is 10.3. The molecule has 0 radical (unpaired) electrons. The molecule has 0 spiro atoms. The molecule has 2 nitrogen and oxygen atoms in total. The molecule has 1 aromatic heterocycles. The van der Waals surface area contributed by atoms with Crippen LogP contribution in [0.15, 0.2) is 6.20 Å². The van der Waals surface area contributed by atoms with Crippen LogP contribution in [0.3, 0.4) is 0 Å². The van der Waals surface area contributed by atoms with E-state index in [-0.39, 0.29) is 0 Å². The van der Waals surface area contributed by atoms with Crippen LogP contribution in [0.5, 0.6) is 0 Å². The lowest BCUT2D eigenvalue weighted by molar-refractivity contribution is 0.581. The molecular formula is C12H18N2S. The molecule has 0 saturated carbocycles. The second kappa shape index (κ2) is 6.60. The van der Waals surface area contributed by atoms with Crippen molar-refractivity contribution in [2.24, 2.45) is 0 Å². The van der Waals surface area contributed by atoms with E-state index < -0.39 is 0 Å². The predicted octanol–water partition coefficient (Wildman–Crippen LogP) is 2.77. The van der Waals surface area contributed by atoms with E-state index in [1.54, 1.807) is 11.3 Å². The Morgan fingerprint density at radius 3 is 3.00 bits per heavy atom. The maximum Gasteiger partial charge on any atom is 0.109 e. The molecule has 0 aliphatic heterocycles. The molecule has 1 N–H and O–H groups in total. The van der Waals surface area contributed by atoms with Gasteiger partial charge in [0.05, 0.1) is 6.04 Å². The van der Waals surface area contributed by atoms with Gasteiger partial charge in [0.2, 0.25) is 0 Å². The lowest BCUT2D eigenvalue weighted by Crippen LogP contribution is -2.19. The zero-order valence-corrected chi connectivity index (χ0v) is 10.4. The fraction of sp³-hybridized carbons (Fsp3) is 0.583. The van der Waals surface area contributed by atoms with Gasteiger partial charge in [-0.25, -0.2) is 4.98 Å². The summed E-state index contributed by atoms with van der Waals surface area (Å²) >= 11 is 1.80.